The number of amides is 1. The van der Waals surface area contributed by atoms with Crippen molar-refractivity contribution in [3.63, 3.8) is 0 Å². The minimum absolute atomic E-state index is 0.109. The molecule has 0 saturated carbocycles. The van der Waals surface area contributed by atoms with E-state index in [0.29, 0.717) is 43.4 Å². The van der Waals surface area contributed by atoms with Crippen LogP contribution >= 0.6 is 0 Å². The second-order valence-corrected chi connectivity index (χ2v) is 8.66. The first kappa shape index (κ1) is 24.5. The van der Waals surface area contributed by atoms with Crippen LogP contribution in [0.2, 0.25) is 0 Å². The molecule has 6 heteroatoms. The van der Waals surface area contributed by atoms with E-state index in [1.165, 1.54) is 4.90 Å². The zero-order valence-electron chi connectivity index (χ0n) is 19.8. The van der Waals surface area contributed by atoms with Gasteiger partial charge in [-0.25, -0.2) is 0 Å². The van der Waals surface area contributed by atoms with Crippen molar-refractivity contribution in [2.24, 2.45) is 5.92 Å². The molecule has 3 rings (SSSR count). The first-order valence-corrected chi connectivity index (χ1v) is 11.5. The molecule has 1 saturated heterocycles. The van der Waals surface area contributed by atoms with Crippen LogP contribution in [-0.2, 0) is 20.7 Å². The van der Waals surface area contributed by atoms with Crippen LogP contribution in [0.4, 0.5) is 0 Å². The van der Waals surface area contributed by atoms with E-state index in [1.807, 2.05) is 24.3 Å². The fourth-order valence-corrected chi connectivity index (χ4v) is 3.90. The van der Waals surface area contributed by atoms with E-state index in [9.17, 15) is 14.7 Å². The highest BCUT2D eigenvalue weighted by Crippen LogP contribution is 2.39. The molecule has 1 fully saturated rings. The zero-order valence-corrected chi connectivity index (χ0v) is 19.8. The molecule has 0 radical (unpaired) electrons. The summed E-state index contributed by atoms with van der Waals surface area (Å²) in [6.07, 6.45) is 1.48. The number of hydrogen-bond donors (Lipinski definition) is 1. The molecular weight excluding hydrogens is 418 g/mol. The molecule has 33 heavy (non-hydrogen) atoms. The molecule has 0 spiro atoms. The van der Waals surface area contributed by atoms with E-state index in [-0.39, 0.29) is 11.3 Å². The summed E-state index contributed by atoms with van der Waals surface area (Å²) >= 11 is 0. The second kappa shape index (κ2) is 11.1. The molecule has 1 aliphatic rings. The summed E-state index contributed by atoms with van der Waals surface area (Å²) in [5, 5.41) is 11.2. The van der Waals surface area contributed by atoms with E-state index in [2.05, 4.69) is 20.8 Å². The van der Waals surface area contributed by atoms with Gasteiger partial charge in [-0.1, -0.05) is 45.0 Å². The van der Waals surface area contributed by atoms with Crippen LogP contribution in [0.5, 0.6) is 5.75 Å². The lowest BCUT2D eigenvalue weighted by molar-refractivity contribution is -0.140. The van der Waals surface area contributed by atoms with Crippen molar-refractivity contribution in [3.05, 3.63) is 70.8 Å². The summed E-state index contributed by atoms with van der Waals surface area (Å²) in [6.45, 7) is 7.63. The van der Waals surface area contributed by atoms with Crippen molar-refractivity contribution in [3.8, 4) is 5.75 Å². The first-order valence-electron chi connectivity index (χ1n) is 11.5. The van der Waals surface area contributed by atoms with Crippen molar-refractivity contribution in [1.82, 2.24) is 4.90 Å². The highest BCUT2D eigenvalue weighted by atomic mass is 16.5. The molecule has 1 amide bonds. The van der Waals surface area contributed by atoms with Crippen LogP contribution in [0.15, 0.2) is 54.1 Å². The molecule has 1 aliphatic heterocycles. The number of aryl methyl sites for hydroxylation is 1. The number of nitrogens with zero attached hydrogens (tertiary/aromatic N) is 1. The van der Waals surface area contributed by atoms with E-state index in [4.69, 9.17) is 9.47 Å². The quantitative estimate of drug-likeness (QED) is 0.244. The first-order chi connectivity index (χ1) is 15.9. The minimum Gasteiger partial charge on any atom is -0.507 e. The van der Waals surface area contributed by atoms with Gasteiger partial charge >= 0.3 is 0 Å². The average Bonchev–Trinajstić information content (AvgIpc) is 3.08. The normalized spacial score (nSPS) is 17.7. The van der Waals surface area contributed by atoms with Gasteiger partial charge in [-0.2, -0.15) is 0 Å². The fourth-order valence-electron chi connectivity index (χ4n) is 3.90. The van der Waals surface area contributed by atoms with E-state index >= 15 is 0 Å². The molecule has 1 N–H and O–H groups in total. The molecule has 2 aromatic rings. The summed E-state index contributed by atoms with van der Waals surface area (Å²) in [7, 11) is 1.60. The molecule has 176 valence electrons. The van der Waals surface area contributed by atoms with Crippen LogP contribution < -0.4 is 4.74 Å². The highest BCUT2D eigenvalue weighted by Gasteiger charge is 2.45. The number of methoxy groups -OCH3 is 1. The van der Waals surface area contributed by atoms with Crippen LogP contribution in [0.1, 0.15) is 49.9 Å². The third kappa shape index (κ3) is 5.63. The lowest BCUT2D eigenvalue weighted by Gasteiger charge is -2.25. The Bertz CT molecular complexity index is 992. The molecule has 0 bridgehead atoms. The lowest BCUT2D eigenvalue weighted by Crippen LogP contribution is -2.31. The number of aliphatic hydroxyl groups is 1. The van der Waals surface area contributed by atoms with Crippen LogP contribution in [0, 0.1) is 5.92 Å². The number of likely N-dealkylation sites (tertiary alicyclic amines) is 1. The Morgan fingerprint density at radius 3 is 2.30 bits per heavy atom. The number of Topliss-reactive ketones (excluding diaryl/α,β-unsaturated/α-hetero) is 1. The Hall–Kier alpha value is -3.12. The van der Waals surface area contributed by atoms with Crippen molar-refractivity contribution in [1.29, 1.82) is 0 Å². The van der Waals surface area contributed by atoms with Crippen molar-refractivity contribution < 1.29 is 24.2 Å². The number of carbonyl (C=O) groups excluding carboxylic acids is 2. The Labute approximate surface area is 195 Å². The molecule has 2 aromatic carbocycles. The monoisotopic (exact) mass is 451 g/mol. The summed E-state index contributed by atoms with van der Waals surface area (Å²) in [5.41, 5.74) is 2.53. The van der Waals surface area contributed by atoms with Gasteiger partial charge in [0.25, 0.3) is 11.7 Å². The fraction of sp³-hybridized carbons (Fsp3) is 0.407. The van der Waals surface area contributed by atoms with Crippen molar-refractivity contribution in [2.45, 2.75) is 39.7 Å². The Morgan fingerprint density at radius 2 is 1.73 bits per heavy atom. The van der Waals surface area contributed by atoms with Crippen LogP contribution in [0.3, 0.4) is 0 Å². The SMILES string of the molecule is CCc1ccc(C2/C(=C(\O)c3ccc(OCC(C)C)cc3)C(=O)C(=O)N2CCCOC)cc1. The summed E-state index contributed by atoms with van der Waals surface area (Å²) < 4.78 is 10.8. The Morgan fingerprint density at radius 1 is 1.06 bits per heavy atom. The largest absolute Gasteiger partial charge is 0.507 e. The molecule has 1 atom stereocenters. The molecule has 6 nitrogen and oxygen atoms in total. The standard InChI is InChI=1S/C27H33NO5/c1-5-19-7-9-20(10-8-19)24-23(26(30)27(31)28(24)15-6-16-32-4)25(29)21-11-13-22(14-12-21)33-17-18(2)3/h7-14,18,24,29H,5-6,15-17H2,1-4H3/b25-23+. The summed E-state index contributed by atoms with van der Waals surface area (Å²) in [4.78, 5) is 27.5. The maximum atomic E-state index is 13.0. The molecule has 1 heterocycles. The van der Waals surface area contributed by atoms with Gasteiger partial charge in [0.05, 0.1) is 18.2 Å². The van der Waals surface area contributed by atoms with Gasteiger partial charge in [0.1, 0.15) is 11.5 Å². The number of rotatable bonds is 10. The van der Waals surface area contributed by atoms with Gasteiger partial charge in [-0.3, -0.25) is 9.59 Å². The number of hydrogen-bond acceptors (Lipinski definition) is 5. The third-order valence-electron chi connectivity index (χ3n) is 5.70. The predicted molar refractivity (Wildman–Crippen MR) is 128 cm³/mol. The van der Waals surface area contributed by atoms with Gasteiger partial charge in [0.15, 0.2) is 0 Å². The smallest absolute Gasteiger partial charge is 0.295 e. The van der Waals surface area contributed by atoms with Gasteiger partial charge in [-0.15, -0.1) is 0 Å². The predicted octanol–water partition coefficient (Wildman–Crippen LogP) is 4.74. The second-order valence-electron chi connectivity index (χ2n) is 8.66. The molecule has 1 unspecified atom stereocenters. The van der Waals surface area contributed by atoms with E-state index in [0.717, 1.165) is 17.5 Å². The van der Waals surface area contributed by atoms with Crippen LogP contribution in [-0.4, -0.2) is 48.6 Å². The van der Waals surface area contributed by atoms with Gasteiger partial charge in [0, 0.05) is 25.8 Å². The van der Waals surface area contributed by atoms with Gasteiger partial charge < -0.3 is 19.5 Å². The van der Waals surface area contributed by atoms with Gasteiger partial charge in [0.2, 0.25) is 0 Å². The third-order valence-corrected chi connectivity index (χ3v) is 5.70. The number of ether oxygens (including phenoxy) is 2. The van der Waals surface area contributed by atoms with Crippen molar-refractivity contribution in [2.75, 3.05) is 26.9 Å². The highest BCUT2D eigenvalue weighted by molar-refractivity contribution is 6.46. The van der Waals surface area contributed by atoms with Gasteiger partial charge in [-0.05, 0) is 54.2 Å². The summed E-state index contributed by atoms with van der Waals surface area (Å²) in [6, 6.07) is 14.1. The molecule has 0 aromatic heterocycles. The number of aliphatic hydroxyl groups excluding tert-OH is 1. The van der Waals surface area contributed by atoms with E-state index < -0.39 is 17.7 Å². The topological polar surface area (TPSA) is 76.1 Å². The minimum atomic E-state index is -0.672. The number of carbonyl (C=O) groups is 2. The molecule has 0 aliphatic carbocycles. The maximum Gasteiger partial charge on any atom is 0.295 e. The van der Waals surface area contributed by atoms with Crippen molar-refractivity contribution >= 4 is 17.4 Å². The zero-order chi connectivity index (χ0) is 24.0. The molecular formula is C27H33NO5. The lowest BCUT2D eigenvalue weighted by atomic mass is 9.94. The van der Waals surface area contributed by atoms with Crippen LogP contribution in [0.25, 0.3) is 5.76 Å². The Balaban J connectivity index is 2.00. The number of benzene rings is 2. The Kier molecular flexibility index (Phi) is 8.28. The maximum absolute atomic E-state index is 13.0. The summed E-state index contributed by atoms with van der Waals surface area (Å²) in [5.74, 6) is -0.371. The average molecular weight is 452 g/mol. The number of ketones is 1. The van der Waals surface area contributed by atoms with E-state index in [1.54, 1.807) is 31.4 Å².